The molecule has 0 N–H and O–H groups in total. The van der Waals surface area contributed by atoms with Gasteiger partial charge in [0.25, 0.3) is 5.91 Å². The first kappa shape index (κ1) is 15.0. The molecule has 116 valence electrons. The summed E-state index contributed by atoms with van der Waals surface area (Å²) in [6.45, 7) is 4.25. The predicted molar refractivity (Wildman–Crippen MR) is 88.6 cm³/mol. The second-order valence-corrected chi connectivity index (χ2v) is 5.44. The Bertz CT molecular complexity index is 805. The van der Waals surface area contributed by atoms with Crippen molar-refractivity contribution in [2.24, 2.45) is 0 Å². The lowest BCUT2D eigenvalue weighted by Gasteiger charge is -2.07. The highest BCUT2D eigenvalue weighted by Crippen LogP contribution is 2.15. The van der Waals surface area contributed by atoms with E-state index >= 15 is 0 Å². The standard InChI is InChI=1S/C19H18N2O2/c1-14-12-15(2)21(20-14)19(22)17-8-10-18(11-9-17)23-13-16-6-4-3-5-7-16/h3-12H,13H2,1-2H3. The van der Waals surface area contributed by atoms with E-state index in [1.54, 1.807) is 12.1 Å². The van der Waals surface area contributed by atoms with E-state index in [0.29, 0.717) is 12.2 Å². The highest BCUT2D eigenvalue weighted by molar-refractivity contribution is 5.95. The number of nitrogens with zero attached hydrogens (tertiary/aromatic N) is 2. The average Bonchev–Trinajstić information content (AvgIpc) is 2.92. The molecule has 0 spiro atoms. The summed E-state index contributed by atoms with van der Waals surface area (Å²) in [7, 11) is 0. The zero-order valence-corrected chi connectivity index (χ0v) is 13.2. The molecule has 4 nitrogen and oxygen atoms in total. The summed E-state index contributed by atoms with van der Waals surface area (Å²) < 4.78 is 7.15. The van der Waals surface area contributed by atoms with Crippen molar-refractivity contribution in [3.05, 3.63) is 83.2 Å². The molecule has 0 saturated heterocycles. The number of hydrogen-bond acceptors (Lipinski definition) is 3. The molecule has 0 fully saturated rings. The minimum Gasteiger partial charge on any atom is -0.489 e. The number of ether oxygens (including phenoxy) is 1. The molecule has 3 rings (SSSR count). The minimum atomic E-state index is -0.134. The zero-order valence-electron chi connectivity index (χ0n) is 13.2. The number of aromatic nitrogens is 2. The third-order valence-corrected chi connectivity index (χ3v) is 3.55. The molecule has 0 aliphatic carbocycles. The predicted octanol–water partition coefficient (Wildman–Crippen LogP) is 3.77. The Morgan fingerprint density at radius 1 is 1.04 bits per heavy atom. The molecular weight excluding hydrogens is 288 g/mol. The first-order chi connectivity index (χ1) is 11.1. The summed E-state index contributed by atoms with van der Waals surface area (Å²) >= 11 is 0. The van der Waals surface area contributed by atoms with Gasteiger partial charge in [-0.1, -0.05) is 30.3 Å². The number of benzene rings is 2. The molecule has 0 amide bonds. The number of carbonyl (C=O) groups excluding carboxylic acids is 1. The molecule has 1 heterocycles. The van der Waals surface area contributed by atoms with Crippen LogP contribution in [0.5, 0.6) is 5.75 Å². The summed E-state index contributed by atoms with van der Waals surface area (Å²) in [4.78, 5) is 12.4. The van der Waals surface area contributed by atoms with Gasteiger partial charge in [0, 0.05) is 11.3 Å². The molecule has 0 aliphatic rings. The lowest BCUT2D eigenvalue weighted by Crippen LogP contribution is -2.15. The summed E-state index contributed by atoms with van der Waals surface area (Å²) in [6.07, 6.45) is 0. The minimum absolute atomic E-state index is 0.134. The number of hydrogen-bond donors (Lipinski definition) is 0. The number of aryl methyl sites for hydroxylation is 2. The Kier molecular flexibility index (Phi) is 4.24. The van der Waals surface area contributed by atoms with Crippen LogP contribution in [0.15, 0.2) is 60.7 Å². The molecule has 0 aliphatic heterocycles. The van der Waals surface area contributed by atoms with Gasteiger partial charge in [-0.05, 0) is 49.7 Å². The summed E-state index contributed by atoms with van der Waals surface area (Å²) in [5.41, 5.74) is 3.36. The summed E-state index contributed by atoms with van der Waals surface area (Å²) in [5, 5.41) is 4.22. The van der Waals surface area contributed by atoms with Crippen molar-refractivity contribution in [3.63, 3.8) is 0 Å². The Balaban J connectivity index is 1.69. The van der Waals surface area contributed by atoms with E-state index in [2.05, 4.69) is 5.10 Å². The largest absolute Gasteiger partial charge is 0.489 e. The smallest absolute Gasteiger partial charge is 0.278 e. The van der Waals surface area contributed by atoms with Gasteiger partial charge in [-0.3, -0.25) is 4.79 Å². The van der Waals surface area contributed by atoms with Gasteiger partial charge in [0.15, 0.2) is 0 Å². The maximum Gasteiger partial charge on any atom is 0.278 e. The average molecular weight is 306 g/mol. The lowest BCUT2D eigenvalue weighted by atomic mass is 10.2. The fraction of sp³-hybridized carbons (Fsp3) is 0.158. The summed E-state index contributed by atoms with van der Waals surface area (Å²) in [5.74, 6) is 0.601. The molecule has 0 unspecified atom stereocenters. The van der Waals surface area contributed by atoms with E-state index in [0.717, 1.165) is 22.7 Å². The maximum absolute atomic E-state index is 12.4. The van der Waals surface area contributed by atoms with Gasteiger partial charge in [0.1, 0.15) is 12.4 Å². The first-order valence-electron chi connectivity index (χ1n) is 7.48. The van der Waals surface area contributed by atoms with Gasteiger partial charge in [-0.15, -0.1) is 0 Å². The Morgan fingerprint density at radius 2 is 1.74 bits per heavy atom. The van der Waals surface area contributed by atoms with Crippen molar-refractivity contribution < 1.29 is 9.53 Å². The van der Waals surface area contributed by atoms with E-state index in [1.165, 1.54) is 4.68 Å². The van der Waals surface area contributed by atoms with E-state index in [4.69, 9.17) is 4.74 Å². The Morgan fingerprint density at radius 3 is 2.35 bits per heavy atom. The van der Waals surface area contributed by atoms with Crippen molar-refractivity contribution >= 4 is 5.91 Å². The molecule has 0 atom stereocenters. The molecular formula is C19H18N2O2. The molecule has 1 aromatic heterocycles. The fourth-order valence-electron chi connectivity index (χ4n) is 2.39. The molecule has 3 aromatic rings. The van der Waals surface area contributed by atoms with Crippen molar-refractivity contribution in [1.82, 2.24) is 9.78 Å². The molecule has 2 aromatic carbocycles. The topological polar surface area (TPSA) is 44.1 Å². The molecule has 0 radical (unpaired) electrons. The van der Waals surface area contributed by atoms with E-state index < -0.39 is 0 Å². The maximum atomic E-state index is 12.4. The van der Waals surface area contributed by atoms with Crippen LogP contribution >= 0.6 is 0 Å². The Labute approximate surface area is 135 Å². The van der Waals surface area contributed by atoms with Crippen LogP contribution in [0.1, 0.15) is 27.3 Å². The van der Waals surface area contributed by atoms with Gasteiger partial charge < -0.3 is 4.74 Å². The van der Waals surface area contributed by atoms with Crippen LogP contribution in [0.25, 0.3) is 0 Å². The monoisotopic (exact) mass is 306 g/mol. The van der Waals surface area contributed by atoms with Crippen molar-refractivity contribution in [3.8, 4) is 5.75 Å². The van der Waals surface area contributed by atoms with Gasteiger partial charge in [-0.25, -0.2) is 4.68 Å². The third-order valence-electron chi connectivity index (χ3n) is 3.55. The van der Waals surface area contributed by atoms with Crippen LogP contribution in [0, 0.1) is 13.8 Å². The zero-order chi connectivity index (χ0) is 16.2. The second kappa shape index (κ2) is 6.48. The second-order valence-electron chi connectivity index (χ2n) is 5.44. The van der Waals surface area contributed by atoms with Crippen LogP contribution in [0.4, 0.5) is 0 Å². The van der Waals surface area contributed by atoms with E-state index in [1.807, 2.05) is 62.4 Å². The van der Waals surface area contributed by atoms with Crippen LogP contribution in [0.2, 0.25) is 0 Å². The van der Waals surface area contributed by atoms with Crippen molar-refractivity contribution in [1.29, 1.82) is 0 Å². The first-order valence-corrected chi connectivity index (χ1v) is 7.48. The highest BCUT2D eigenvalue weighted by Gasteiger charge is 2.12. The lowest BCUT2D eigenvalue weighted by molar-refractivity contribution is 0.0942. The molecule has 4 heteroatoms. The highest BCUT2D eigenvalue weighted by atomic mass is 16.5. The van der Waals surface area contributed by atoms with Crippen LogP contribution in [-0.4, -0.2) is 15.7 Å². The molecule has 0 saturated carbocycles. The Hall–Kier alpha value is -2.88. The van der Waals surface area contributed by atoms with Crippen molar-refractivity contribution in [2.75, 3.05) is 0 Å². The van der Waals surface area contributed by atoms with Gasteiger partial charge >= 0.3 is 0 Å². The van der Waals surface area contributed by atoms with E-state index in [9.17, 15) is 4.79 Å². The van der Waals surface area contributed by atoms with Crippen LogP contribution < -0.4 is 4.74 Å². The molecule has 23 heavy (non-hydrogen) atoms. The third kappa shape index (κ3) is 3.48. The van der Waals surface area contributed by atoms with Gasteiger partial charge in [-0.2, -0.15) is 5.10 Å². The van der Waals surface area contributed by atoms with Crippen LogP contribution in [-0.2, 0) is 6.61 Å². The quantitative estimate of drug-likeness (QED) is 0.737. The SMILES string of the molecule is Cc1cc(C)n(C(=O)c2ccc(OCc3ccccc3)cc2)n1. The van der Waals surface area contributed by atoms with Crippen molar-refractivity contribution in [2.45, 2.75) is 20.5 Å². The summed E-state index contributed by atoms with van der Waals surface area (Å²) in [6, 6.07) is 19.0. The van der Waals surface area contributed by atoms with Gasteiger partial charge in [0.05, 0.1) is 5.69 Å². The molecule has 0 bridgehead atoms. The van der Waals surface area contributed by atoms with E-state index in [-0.39, 0.29) is 5.91 Å². The van der Waals surface area contributed by atoms with Gasteiger partial charge in [0.2, 0.25) is 0 Å². The fourth-order valence-corrected chi connectivity index (χ4v) is 2.39. The normalized spacial score (nSPS) is 10.5. The number of rotatable bonds is 4. The number of carbonyl (C=O) groups is 1. The van der Waals surface area contributed by atoms with Crippen LogP contribution in [0.3, 0.4) is 0 Å².